The molecule has 2 aromatic heterocycles. The molecule has 4 aromatic rings. The summed E-state index contributed by atoms with van der Waals surface area (Å²) in [5.41, 5.74) is 3.35. The second-order valence-corrected chi connectivity index (χ2v) is 8.68. The van der Waals surface area contributed by atoms with Crippen LogP contribution in [-0.2, 0) is 13.2 Å². The van der Waals surface area contributed by atoms with Gasteiger partial charge in [0.05, 0.1) is 22.5 Å². The topological polar surface area (TPSA) is 71.7 Å². The van der Waals surface area contributed by atoms with E-state index in [1.165, 1.54) is 0 Å². The highest BCUT2D eigenvalue weighted by molar-refractivity contribution is 6.01. The minimum atomic E-state index is -0.00278. The number of rotatable bonds is 6. The number of aryl methyl sites for hydroxylation is 2. The van der Waals surface area contributed by atoms with Gasteiger partial charge in [-0.3, -0.25) is 14.7 Å². The summed E-state index contributed by atoms with van der Waals surface area (Å²) in [4.78, 5) is 22.3. The van der Waals surface area contributed by atoms with Crippen LogP contribution in [0.4, 0.5) is 0 Å². The Kier molecular flexibility index (Phi) is 6.27. The van der Waals surface area contributed by atoms with Crippen molar-refractivity contribution in [3.63, 3.8) is 0 Å². The summed E-state index contributed by atoms with van der Waals surface area (Å²) in [6, 6.07) is 17.9. The summed E-state index contributed by atoms with van der Waals surface area (Å²) in [5.74, 6) is 1.31. The lowest BCUT2D eigenvalue weighted by Gasteiger charge is -2.34. The van der Waals surface area contributed by atoms with Crippen molar-refractivity contribution in [1.82, 2.24) is 19.9 Å². The molecule has 0 atom stereocenters. The van der Waals surface area contributed by atoms with Gasteiger partial charge in [-0.15, -0.1) is 0 Å². The Morgan fingerprint density at radius 3 is 2.41 bits per heavy atom. The monoisotopic (exact) mass is 456 g/mol. The molecule has 0 N–H and O–H groups in total. The summed E-state index contributed by atoms with van der Waals surface area (Å²) in [5, 5.41) is 6.06. The van der Waals surface area contributed by atoms with Crippen molar-refractivity contribution in [3.8, 4) is 5.75 Å². The number of hydrogen-bond acceptors (Lipinski definition) is 6. The largest absolute Gasteiger partial charge is 0.488 e. The van der Waals surface area contributed by atoms with E-state index in [0.29, 0.717) is 31.0 Å². The summed E-state index contributed by atoms with van der Waals surface area (Å²) in [7, 11) is 0. The Labute approximate surface area is 198 Å². The lowest BCUT2D eigenvalue weighted by Crippen LogP contribution is -2.48. The fraction of sp³-hybridized carbons (Fsp3) is 0.296. The molecule has 5 rings (SSSR count). The molecule has 0 unspecified atom stereocenters. The molecule has 0 saturated carbocycles. The van der Waals surface area contributed by atoms with Crippen molar-refractivity contribution in [2.45, 2.75) is 27.0 Å². The average Bonchev–Trinajstić information content (AvgIpc) is 3.19. The molecule has 7 heteroatoms. The molecule has 2 aromatic carbocycles. The van der Waals surface area contributed by atoms with E-state index in [0.717, 1.165) is 53.1 Å². The van der Waals surface area contributed by atoms with E-state index >= 15 is 0 Å². The minimum Gasteiger partial charge on any atom is -0.488 e. The number of nitrogens with zero attached hydrogens (tertiary/aromatic N) is 4. The van der Waals surface area contributed by atoms with Crippen molar-refractivity contribution >= 4 is 16.7 Å². The molecule has 3 heterocycles. The van der Waals surface area contributed by atoms with Gasteiger partial charge >= 0.3 is 0 Å². The number of hydrogen-bond donors (Lipinski definition) is 0. The standard InChI is InChI=1S/C27H28N4O3/c1-19-25(20(2)34-29-19)18-33-26-16-22-8-4-3-7-21(22)15-24(26)27(32)31-13-11-30(12-14-31)17-23-9-5-6-10-28-23/h3-10,15-16H,11-14,17-18H2,1-2H3. The highest BCUT2D eigenvalue weighted by Gasteiger charge is 2.25. The summed E-state index contributed by atoms with van der Waals surface area (Å²) in [6.45, 7) is 7.82. The maximum absolute atomic E-state index is 13.6. The molecule has 0 radical (unpaired) electrons. The number of piperazine rings is 1. The third-order valence-electron chi connectivity index (χ3n) is 6.40. The third kappa shape index (κ3) is 4.65. The summed E-state index contributed by atoms with van der Waals surface area (Å²) in [6.07, 6.45) is 1.82. The van der Waals surface area contributed by atoms with E-state index in [1.54, 1.807) is 0 Å². The van der Waals surface area contributed by atoms with Crippen molar-refractivity contribution in [3.05, 3.63) is 89.1 Å². The first-order chi connectivity index (χ1) is 16.6. The maximum atomic E-state index is 13.6. The van der Waals surface area contributed by atoms with Gasteiger partial charge in [-0.2, -0.15) is 0 Å². The molecule has 1 amide bonds. The average molecular weight is 457 g/mol. The van der Waals surface area contributed by atoms with Crippen LogP contribution in [0.3, 0.4) is 0 Å². The molecule has 1 aliphatic rings. The number of benzene rings is 2. The molecule has 1 fully saturated rings. The normalized spacial score (nSPS) is 14.5. The SMILES string of the molecule is Cc1noc(C)c1COc1cc2ccccc2cc1C(=O)N1CCN(Cc2ccccn2)CC1. The van der Waals surface area contributed by atoms with E-state index in [9.17, 15) is 4.79 Å². The van der Waals surface area contributed by atoms with Crippen LogP contribution in [0.1, 0.15) is 33.1 Å². The molecule has 0 aliphatic carbocycles. The number of aromatic nitrogens is 2. The van der Waals surface area contributed by atoms with Crippen molar-refractivity contribution in [1.29, 1.82) is 0 Å². The van der Waals surface area contributed by atoms with Gasteiger partial charge in [-0.1, -0.05) is 35.5 Å². The minimum absolute atomic E-state index is 0.00278. The summed E-state index contributed by atoms with van der Waals surface area (Å²) < 4.78 is 11.5. The van der Waals surface area contributed by atoms with E-state index in [4.69, 9.17) is 9.26 Å². The first kappa shape index (κ1) is 22.1. The first-order valence-electron chi connectivity index (χ1n) is 11.6. The van der Waals surface area contributed by atoms with Gasteiger partial charge in [0, 0.05) is 38.9 Å². The van der Waals surface area contributed by atoms with Gasteiger partial charge in [0.1, 0.15) is 18.1 Å². The zero-order chi connectivity index (χ0) is 23.5. The molecule has 34 heavy (non-hydrogen) atoms. The van der Waals surface area contributed by atoms with Gasteiger partial charge < -0.3 is 14.2 Å². The predicted molar refractivity (Wildman–Crippen MR) is 130 cm³/mol. The second-order valence-electron chi connectivity index (χ2n) is 8.68. The quantitative estimate of drug-likeness (QED) is 0.429. The lowest BCUT2D eigenvalue weighted by molar-refractivity contribution is 0.0622. The zero-order valence-electron chi connectivity index (χ0n) is 19.5. The molecule has 7 nitrogen and oxygen atoms in total. The van der Waals surface area contributed by atoms with Gasteiger partial charge in [0.25, 0.3) is 5.91 Å². The Morgan fingerprint density at radius 1 is 1.00 bits per heavy atom. The number of fused-ring (bicyclic) bond motifs is 1. The molecular formula is C27H28N4O3. The molecule has 0 bridgehead atoms. The number of ether oxygens (including phenoxy) is 1. The second kappa shape index (κ2) is 9.65. The van der Waals surface area contributed by atoms with Crippen LogP contribution in [-0.4, -0.2) is 52.0 Å². The Balaban J connectivity index is 1.34. The molecule has 0 spiro atoms. The number of amides is 1. The number of carbonyl (C=O) groups excluding carboxylic acids is 1. The van der Waals surface area contributed by atoms with Crippen LogP contribution in [0.2, 0.25) is 0 Å². The van der Waals surface area contributed by atoms with Crippen LogP contribution in [0.5, 0.6) is 5.75 Å². The van der Waals surface area contributed by atoms with Crippen molar-refractivity contribution in [2.24, 2.45) is 0 Å². The smallest absolute Gasteiger partial charge is 0.257 e. The Hall–Kier alpha value is -3.71. The van der Waals surface area contributed by atoms with Crippen molar-refractivity contribution in [2.75, 3.05) is 26.2 Å². The van der Waals surface area contributed by atoms with E-state index in [-0.39, 0.29) is 5.91 Å². The number of pyridine rings is 1. The van der Waals surface area contributed by atoms with Crippen LogP contribution in [0.15, 0.2) is 65.3 Å². The molecule has 1 aliphatic heterocycles. The van der Waals surface area contributed by atoms with Gasteiger partial charge in [0.2, 0.25) is 0 Å². The molecule has 1 saturated heterocycles. The van der Waals surface area contributed by atoms with Crippen LogP contribution in [0.25, 0.3) is 10.8 Å². The van der Waals surface area contributed by atoms with Crippen LogP contribution >= 0.6 is 0 Å². The third-order valence-corrected chi connectivity index (χ3v) is 6.40. The highest BCUT2D eigenvalue weighted by Crippen LogP contribution is 2.29. The van der Waals surface area contributed by atoms with Crippen LogP contribution < -0.4 is 4.74 Å². The van der Waals surface area contributed by atoms with E-state index in [2.05, 4.69) is 15.0 Å². The van der Waals surface area contributed by atoms with E-state index < -0.39 is 0 Å². The van der Waals surface area contributed by atoms with Gasteiger partial charge in [-0.25, -0.2) is 0 Å². The predicted octanol–water partition coefficient (Wildman–Crippen LogP) is 4.38. The van der Waals surface area contributed by atoms with Gasteiger partial charge in [0.15, 0.2) is 0 Å². The van der Waals surface area contributed by atoms with Crippen LogP contribution in [0, 0.1) is 13.8 Å². The first-order valence-corrected chi connectivity index (χ1v) is 11.6. The zero-order valence-corrected chi connectivity index (χ0v) is 19.5. The maximum Gasteiger partial charge on any atom is 0.257 e. The Morgan fingerprint density at radius 2 is 1.74 bits per heavy atom. The van der Waals surface area contributed by atoms with Crippen molar-refractivity contribution < 1.29 is 14.1 Å². The Bertz CT molecular complexity index is 1270. The van der Waals surface area contributed by atoms with Gasteiger partial charge in [-0.05, 0) is 48.9 Å². The van der Waals surface area contributed by atoms with E-state index in [1.807, 2.05) is 79.5 Å². The fourth-order valence-corrected chi connectivity index (χ4v) is 4.36. The highest BCUT2D eigenvalue weighted by atomic mass is 16.5. The number of carbonyl (C=O) groups is 1. The molecule has 174 valence electrons. The molecular weight excluding hydrogens is 428 g/mol. The summed E-state index contributed by atoms with van der Waals surface area (Å²) >= 11 is 0. The fourth-order valence-electron chi connectivity index (χ4n) is 4.36. The lowest BCUT2D eigenvalue weighted by atomic mass is 10.0.